The Bertz CT molecular complexity index is 139. The fourth-order valence-corrected chi connectivity index (χ4v) is 6.08. The highest BCUT2D eigenvalue weighted by molar-refractivity contribution is 6.62. The molecule has 0 saturated carbocycles. The molecule has 1 saturated heterocycles. The largest absolute Gasteiger partial charge is 0.394 e. The monoisotopic (exact) mass is 188 g/mol. The van der Waals surface area contributed by atoms with Gasteiger partial charge in [-0.2, -0.15) is 0 Å². The Morgan fingerprint density at radius 1 is 1.42 bits per heavy atom. The summed E-state index contributed by atoms with van der Waals surface area (Å²) in [6, 6.07) is 2.53. The van der Waals surface area contributed by atoms with Gasteiger partial charge in [-0.25, -0.2) is 0 Å². The maximum atomic E-state index is 10.1. The molecule has 3 heteroatoms. The smallest absolute Gasteiger partial charge is 0.0750 e. The van der Waals surface area contributed by atoms with Crippen LogP contribution in [-0.4, -0.2) is 30.3 Å². The van der Waals surface area contributed by atoms with E-state index in [4.69, 9.17) is 0 Å². The third-order valence-electron chi connectivity index (χ3n) is 2.94. The van der Waals surface area contributed by atoms with Gasteiger partial charge in [0, 0.05) is 0 Å². The van der Waals surface area contributed by atoms with E-state index in [9.17, 15) is 10.2 Å². The molecule has 72 valence electrons. The zero-order chi connectivity index (χ0) is 9.19. The molecule has 0 amide bonds. The molecule has 1 rings (SSSR count). The van der Waals surface area contributed by atoms with Gasteiger partial charge in [-0.05, 0) is 20.3 Å². The van der Waals surface area contributed by atoms with Crippen molar-refractivity contribution in [3.63, 3.8) is 0 Å². The predicted molar refractivity (Wildman–Crippen MR) is 52.9 cm³/mol. The van der Waals surface area contributed by atoms with Gasteiger partial charge in [-0.15, -0.1) is 0 Å². The lowest BCUT2D eigenvalue weighted by Crippen LogP contribution is -2.43. The van der Waals surface area contributed by atoms with E-state index in [1.165, 1.54) is 24.9 Å². The van der Waals surface area contributed by atoms with E-state index in [0.29, 0.717) is 6.42 Å². The minimum atomic E-state index is -0.951. The maximum Gasteiger partial charge on any atom is 0.0750 e. The van der Waals surface area contributed by atoms with Gasteiger partial charge in [0.1, 0.15) is 0 Å². The van der Waals surface area contributed by atoms with Crippen molar-refractivity contribution in [1.29, 1.82) is 0 Å². The summed E-state index contributed by atoms with van der Waals surface area (Å²) in [6.07, 6.45) is 2.82. The first-order chi connectivity index (χ1) is 5.52. The lowest BCUT2D eigenvalue weighted by atomic mass is 10.2. The molecular weight excluding hydrogens is 168 g/mol. The zero-order valence-electron chi connectivity index (χ0n) is 8.08. The van der Waals surface area contributed by atoms with Gasteiger partial charge >= 0.3 is 0 Å². The van der Waals surface area contributed by atoms with Crippen LogP contribution in [0.25, 0.3) is 0 Å². The van der Waals surface area contributed by atoms with Gasteiger partial charge in [0.25, 0.3) is 0 Å². The van der Waals surface area contributed by atoms with Crippen molar-refractivity contribution >= 4 is 8.80 Å². The summed E-state index contributed by atoms with van der Waals surface area (Å²) in [5.41, 5.74) is 0. The van der Waals surface area contributed by atoms with Gasteiger partial charge in [0.05, 0.1) is 20.1 Å². The fraction of sp³-hybridized carbons (Fsp3) is 1.00. The normalized spacial score (nSPS) is 27.0. The van der Waals surface area contributed by atoms with Crippen LogP contribution in [0.1, 0.15) is 33.1 Å². The zero-order valence-corrected chi connectivity index (χ0v) is 9.24. The third kappa shape index (κ3) is 2.57. The number of aliphatic hydroxyl groups excluding tert-OH is 1. The van der Waals surface area contributed by atoms with E-state index < -0.39 is 14.0 Å². The molecule has 1 fully saturated rings. The van der Waals surface area contributed by atoms with Gasteiger partial charge < -0.3 is 10.2 Å². The highest BCUT2D eigenvalue weighted by Crippen LogP contribution is 2.30. The number of aliphatic hydroxyl groups is 2. The van der Waals surface area contributed by atoms with Crippen molar-refractivity contribution in [2.24, 2.45) is 0 Å². The van der Waals surface area contributed by atoms with Gasteiger partial charge in [0.15, 0.2) is 0 Å². The van der Waals surface area contributed by atoms with E-state index in [1.807, 2.05) is 6.92 Å². The Labute approximate surface area is 76.2 Å². The lowest BCUT2D eigenvalue weighted by molar-refractivity contribution is 0.0669. The van der Waals surface area contributed by atoms with Gasteiger partial charge in [0.2, 0.25) is 0 Å². The molecule has 2 atom stereocenters. The van der Waals surface area contributed by atoms with Crippen LogP contribution in [0.5, 0.6) is 0 Å². The Kier molecular flexibility index (Phi) is 3.32. The van der Waals surface area contributed by atoms with Crippen LogP contribution in [0.3, 0.4) is 0 Å². The molecule has 0 radical (unpaired) electrons. The fourth-order valence-electron chi connectivity index (χ4n) is 2.31. The number of hydrogen-bond acceptors (Lipinski definition) is 2. The molecule has 12 heavy (non-hydrogen) atoms. The molecule has 1 heterocycles. The van der Waals surface area contributed by atoms with Crippen LogP contribution in [-0.2, 0) is 0 Å². The summed E-state index contributed by atoms with van der Waals surface area (Å²) in [7, 11) is -0.951. The predicted octanol–water partition coefficient (Wildman–Crippen LogP) is 1.07. The van der Waals surface area contributed by atoms with Crippen LogP contribution in [0.2, 0.25) is 12.1 Å². The number of rotatable bonds is 3. The first-order valence-electron chi connectivity index (χ1n) is 4.93. The van der Waals surface area contributed by atoms with E-state index in [0.717, 1.165) is 0 Å². The van der Waals surface area contributed by atoms with E-state index in [1.54, 1.807) is 6.92 Å². The molecule has 0 spiro atoms. The van der Waals surface area contributed by atoms with E-state index >= 15 is 0 Å². The molecule has 0 aromatic rings. The second-order valence-electron chi connectivity index (χ2n) is 4.39. The van der Waals surface area contributed by atoms with Crippen molar-refractivity contribution in [3.8, 4) is 0 Å². The highest BCUT2D eigenvalue weighted by atomic mass is 28.3. The van der Waals surface area contributed by atoms with Crippen molar-refractivity contribution < 1.29 is 10.2 Å². The lowest BCUT2D eigenvalue weighted by Gasteiger charge is -2.30. The molecule has 0 bridgehead atoms. The quantitative estimate of drug-likeness (QED) is 0.650. The first kappa shape index (κ1) is 10.2. The number of hydrogen-bond donors (Lipinski definition) is 2. The summed E-state index contributed by atoms with van der Waals surface area (Å²) in [5, 5.41) is 18.8. The van der Waals surface area contributed by atoms with E-state index in [2.05, 4.69) is 0 Å². The molecule has 2 N–H and O–H groups in total. The maximum absolute atomic E-state index is 10.1. The SMILES string of the molecule is CC(O)CC(C)(O)[SiH]1CCCC1. The molecular formula is C9H20O2Si. The Morgan fingerprint density at radius 2 is 1.92 bits per heavy atom. The third-order valence-corrected chi connectivity index (χ3v) is 7.15. The van der Waals surface area contributed by atoms with E-state index in [-0.39, 0.29) is 6.10 Å². The average Bonchev–Trinajstić information content (AvgIpc) is 2.32. The van der Waals surface area contributed by atoms with Crippen LogP contribution in [0.15, 0.2) is 0 Å². The molecule has 2 nitrogen and oxygen atoms in total. The molecule has 0 aromatic heterocycles. The molecule has 0 aromatic carbocycles. The first-order valence-corrected chi connectivity index (χ1v) is 7.14. The summed E-state index contributed by atoms with van der Waals surface area (Å²) in [5.74, 6) is 0. The van der Waals surface area contributed by atoms with Gasteiger partial charge in [-0.3, -0.25) is 0 Å². The van der Waals surface area contributed by atoms with Crippen LogP contribution >= 0.6 is 0 Å². The van der Waals surface area contributed by atoms with Crippen LogP contribution < -0.4 is 0 Å². The topological polar surface area (TPSA) is 40.5 Å². The van der Waals surface area contributed by atoms with Crippen molar-refractivity contribution in [2.45, 2.75) is 56.5 Å². The van der Waals surface area contributed by atoms with Crippen molar-refractivity contribution in [2.75, 3.05) is 0 Å². The van der Waals surface area contributed by atoms with Crippen LogP contribution in [0.4, 0.5) is 0 Å². The van der Waals surface area contributed by atoms with Crippen molar-refractivity contribution in [3.05, 3.63) is 0 Å². The van der Waals surface area contributed by atoms with Gasteiger partial charge in [-0.1, -0.05) is 24.9 Å². The minimum Gasteiger partial charge on any atom is -0.394 e. The summed E-state index contributed by atoms with van der Waals surface area (Å²) >= 11 is 0. The minimum absolute atomic E-state index is 0.354. The highest BCUT2D eigenvalue weighted by Gasteiger charge is 2.35. The summed E-state index contributed by atoms with van der Waals surface area (Å²) in [4.78, 5) is 0. The standard InChI is InChI=1S/C9H20O2Si/c1-8(10)7-9(2,11)12-5-3-4-6-12/h8,10-12H,3-7H2,1-2H3. The molecule has 2 unspecified atom stereocenters. The molecule has 1 aliphatic rings. The summed E-state index contributed by atoms with van der Waals surface area (Å²) < 4.78 is 0. The second-order valence-corrected chi connectivity index (χ2v) is 8.18. The average molecular weight is 188 g/mol. The Balaban J connectivity index is 2.45. The molecule has 1 aliphatic heterocycles. The summed E-state index contributed by atoms with van der Waals surface area (Å²) in [6.45, 7) is 3.68. The van der Waals surface area contributed by atoms with Crippen molar-refractivity contribution in [1.82, 2.24) is 0 Å². The Hall–Kier alpha value is 0.137. The Morgan fingerprint density at radius 3 is 2.33 bits per heavy atom. The van der Waals surface area contributed by atoms with Crippen LogP contribution in [0, 0.1) is 0 Å². The second kappa shape index (κ2) is 3.90. The molecule has 0 aliphatic carbocycles.